The van der Waals surface area contributed by atoms with Gasteiger partial charge in [0.05, 0.1) is 0 Å². The second-order valence-electron chi connectivity index (χ2n) is 6.24. The maximum absolute atomic E-state index is 2.56. The van der Waals surface area contributed by atoms with Gasteiger partial charge in [0.2, 0.25) is 0 Å². The summed E-state index contributed by atoms with van der Waals surface area (Å²) in [6, 6.07) is 18.2. The standard InChI is InChI=1S/C22H28Se2/c1-4-5-6-7-8-22(24-21-15-11-19(3)12-16-21)17-23-20-13-9-18(2)10-14-20/h9-17H,4-8H2,1-3H3/b22-17-. The molecule has 0 aliphatic rings. The molecule has 0 N–H and O–H groups in total. The SMILES string of the molecule is CCCCCC/C(=C/[Se]c1ccc(C)cc1)[Se]c1ccc(C)cc1. The zero-order valence-electron chi connectivity index (χ0n) is 15.0. The van der Waals surface area contributed by atoms with Crippen molar-refractivity contribution in [1.82, 2.24) is 0 Å². The number of benzene rings is 2. The summed E-state index contributed by atoms with van der Waals surface area (Å²) in [5, 5.41) is 0. The van der Waals surface area contributed by atoms with E-state index in [1.54, 1.807) is 4.47 Å². The van der Waals surface area contributed by atoms with Gasteiger partial charge in [0, 0.05) is 0 Å². The second kappa shape index (κ2) is 11.0. The van der Waals surface area contributed by atoms with Gasteiger partial charge in [-0.2, -0.15) is 0 Å². The van der Waals surface area contributed by atoms with E-state index in [-0.39, 0.29) is 0 Å². The molecule has 0 saturated heterocycles. The van der Waals surface area contributed by atoms with Gasteiger partial charge in [-0.3, -0.25) is 0 Å². The molecule has 0 spiro atoms. The van der Waals surface area contributed by atoms with Crippen LogP contribution in [0.1, 0.15) is 50.2 Å². The van der Waals surface area contributed by atoms with Gasteiger partial charge in [0.25, 0.3) is 0 Å². The molecule has 0 atom stereocenters. The van der Waals surface area contributed by atoms with Crippen LogP contribution < -0.4 is 8.92 Å². The van der Waals surface area contributed by atoms with Gasteiger partial charge < -0.3 is 0 Å². The fourth-order valence-electron chi connectivity index (χ4n) is 2.37. The Morgan fingerprint density at radius 2 is 1.38 bits per heavy atom. The van der Waals surface area contributed by atoms with E-state index in [1.807, 2.05) is 0 Å². The summed E-state index contributed by atoms with van der Waals surface area (Å²) in [6.07, 6.45) is 6.68. The van der Waals surface area contributed by atoms with Crippen LogP contribution in [-0.2, 0) is 0 Å². The van der Waals surface area contributed by atoms with Crippen molar-refractivity contribution in [3.63, 3.8) is 0 Å². The fourth-order valence-corrected chi connectivity index (χ4v) is 6.67. The summed E-state index contributed by atoms with van der Waals surface area (Å²) in [5.41, 5.74) is 2.70. The number of hydrogen-bond acceptors (Lipinski definition) is 0. The van der Waals surface area contributed by atoms with Gasteiger partial charge in [-0.15, -0.1) is 0 Å². The van der Waals surface area contributed by atoms with Crippen molar-refractivity contribution in [2.45, 2.75) is 52.9 Å². The average molecular weight is 450 g/mol. The van der Waals surface area contributed by atoms with Crippen LogP contribution in [0.4, 0.5) is 0 Å². The molecule has 0 saturated carbocycles. The summed E-state index contributed by atoms with van der Waals surface area (Å²) < 4.78 is 4.68. The molecule has 2 aromatic carbocycles. The Labute approximate surface area is 160 Å². The zero-order chi connectivity index (χ0) is 17.2. The van der Waals surface area contributed by atoms with E-state index in [9.17, 15) is 0 Å². The summed E-state index contributed by atoms with van der Waals surface area (Å²) in [7, 11) is 0. The Hall–Kier alpha value is -0.781. The summed E-state index contributed by atoms with van der Waals surface area (Å²) >= 11 is 0.937. The molecule has 2 heteroatoms. The first-order chi connectivity index (χ1) is 11.7. The first-order valence-corrected chi connectivity index (χ1v) is 12.4. The number of aryl methyl sites for hydroxylation is 2. The fraction of sp³-hybridized carbons (Fsp3) is 0.364. The van der Waals surface area contributed by atoms with Crippen LogP contribution in [0.25, 0.3) is 0 Å². The molecule has 0 unspecified atom stereocenters. The van der Waals surface area contributed by atoms with Gasteiger partial charge in [0.15, 0.2) is 0 Å². The van der Waals surface area contributed by atoms with Crippen molar-refractivity contribution in [1.29, 1.82) is 0 Å². The predicted molar refractivity (Wildman–Crippen MR) is 110 cm³/mol. The number of hydrogen-bond donors (Lipinski definition) is 0. The van der Waals surface area contributed by atoms with Crippen molar-refractivity contribution in [2.75, 3.05) is 0 Å². The van der Waals surface area contributed by atoms with Crippen LogP contribution in [0.2, 0.25) is 0 Å². The molecule has 0 bridgehead atoms. The summed E-state index contributed by atoms with van der Waals surface area (Å²) in [4.78, 5) is 2.56. The molecule has 0 aromatic heterocycles. The Balaban J connectivity index is 2.01. The quantitative estimate of drug-likeness (QED) is 0.391. The van der Waals surface area contributed by atoms with Gasteiger partial charge in [-0.25, -0.2) is 0 Å². The van der Waals surface area contributed by atoms with Crippen LogP contribution in [0.15, 0.2) is 58.0 Å². The van der Waals surface area contributed by atoms with Crippen LogP contribution in [0.5, 0.6) is 0 Å². The average Bonchev–Trinajstić information content (AvgIpc) is 2.59. The van der Waals surface area contributed by atoms with E-state index in [0.29, 0.717) is 29.9 Å². The monoisotopic (exact) mass is 452 g/mol. The first-order valence-electron chi connectivity index (χ1n) is 8.84. The predicted octanol–water partition coefficient (Wildman–Crippen LogP) is 4.47. The normalized spacial score (nSPS) is 11.7. The third-order valence-corrected chi connectivity index (χ3v) is 8.93. The minimum absolute atomic E-state index is 0.459. The third-order valence-electron chi connectivity index (χ3n) is 3.89. The Morgan fingerprint density at radius 1 is 0.792 bits per heavy atom. The topological polar surface area (TPSA) is 0 Å². The van der Waals surface area contributed by atoms with Crippen molar-refractivity contribution in [2.24, 2.45) is 0 Å². The van der Waals surface area contributed by atoms with E-state index in [1.165, 1.54) is 52.2 Å². The summed E-state index contributed by atoms with van der Waals surface area (Å²) in [5.74, 6) is 0. The maximum atomic E-state index is 2.56. The molecule has 0 aliphatic carbocycles. The number of unbranched alkanes of at least 4 members (excludes halogenated alkanes) is 3. The molecule has 0 radical (unpaired) electrons. The molecule has 0 aliphatic heterocycles. The van der Waals surface area contributed by atoms with E-state index in [4.69, 9.17) is 0 Å². The molecular weight excluding hydrogens is 422 g/mol. The third kappa shape index (κ3) is 7.41. The second-order valence-corrected chi connectivity index (χ2v) is 10.7. The van der Waals surface area contributed by atoms with E-state index < -0.39 is 0 Å². The molecule has 2 aromatic rings. The van der Waals surface area contributed by atoms with E-state index in [0.717, 1.165) is 0 Å². The van der Waals surface area contributed by atoms with Crippen molar-refractivity contribution in [3.05, 3.63) is 69.1 Å². The van der Waals surface area contributed by atoms with Crippen molar-refractivity contribution in [3.8, 4) is 0 Å². The van der Waals surface area contributed by atoms with Gasteiger partial charge >= 0.3 is 161 Å². The van der Waals surface area contributed by atoms with Gasteiger partial charge in [-0.05, 0) is 0 Å². The molecule has 128 valence electrons. The number of allylic oxidation sites excluding steroid dienone is 1. The molecule has 2 rings (SSSR count). The minimum atomic E-state index is 0.459. The Morgan fingerprint density at radius 3 is 1.96 bits per heavy atom. The van der Waals surface area contributed by atoms with Crippen molar-refractivity contribution >= 4 is 38.8 Å². The van der Waals surface area contributed by atoms with E-state index >= 15 is 0 Å². The van der Waals surface area contributed by atoms with E-state index in [2.05, 4.69) is 74.3 Å². The number of rotatable bonds is 9. The van der Waals surface area contributed by atoms with Gasteiger partial charge in [-0.1, -0.05) is 0 Å². The van der Waals surface area contributed by atoms with Crippen LogP contribution in [0.3, 0.4) is 0 Å². The first kappa shape index (κ1) is 19.5. The zero-order valence-corrected chi connectivity index (χ0v) is 18.5. The van der Waals surface area contributed by atoms with Crippen LogP contribution >= 0.6 is 0 Å². The summed E-state index contributed by atoms with van der Waals surface area (Å²) in [6.45, 7) is 6.61. The Kier molecular flexibility index (Phi) is 8.92. The molecule has 0 amide bonds. The Bertz CT molecular complexity index is 624. The van der Waals surface area contributed by atoms with Gasteiger partial charge in [0.1, 0.15) is 0 Å². The van der Waals surface area contributed by atoms with Crippen LogP contribution in [-0.4, -0.2) is 29.9 Å². The molecular formula is C22H28Se2. The van der Waals surface area contributed by atoms with Crippen LogP contribution in [0, 0.1) is 13.8 Å². The molecule has 0 nitrogen and oxygen atoms in total. The molecule has 24 heavy (non-hydrogen) atoms. The molecule has 0 fully saturated rings. The van der Waals surface area contributed by atoms with Crippen molar-refractivity contribution < 1.29 is 0 Å². The molecule has 0 heterocycles.